The van der Waals surface area contributed by atoms with Gasteiger partial charge in [-0.2, -0.15) is 0 Å². The summed E-state index contributed by atoms with van der Waals surface area (Å²) in [5, 5.41) is 4.23. The Morgan fingerprint density at radius 2 is 1.91 bits per heavy atom. The second-order valence-corrected chi connectivity index (χ2v) is 11.4. The van der Waals surface area contributed by atoms with E-state index in [0.717, 1.165) is 86.4 Å². The Kier molecular flexibility index (Phi) is 7.28. The van der Waals surface area contributed by atoms with Crippen LogP contribution in [-0.4, -0.2) is 58.3 Å². The van der Waals surface area contributed by atoms with E-state index < -0.39 is 0 Å². The van der Waals surface area contributed by atoms with Crippen LogP contribution in [0, 0.1) is 11.3 Å². The lowest BCUT2D eigenvalue weighted by molar-refractivity contribution is 0.0232. The maximum Gasteiger partial charge on any atom is 0.209 e. The van der Waals surface area contributed by atoms with E-state index in [1.165, 1.54) is 12.8 Å². The molecule has 2 fully saturated rings. The zero-order valence-corrected chi connectivity index (χ0v) is 21.9. The summed E-state index contributed by atoms with van der Waals surface area (Å²) in [7, 11) is 4.33. The minimum absolute atomic E-state index is 0.183. The molecule has 1 saturated heterocycles. The summed E-state index contributed by atoms with van der Waals surface area (Å²) in [5.41, 5.74) is 2.89. The van der Waals surface area contributed by atoms with Gasteiger partial charge in [0, 0.05) is 42.9 Å². The van der Waals surface area contributed by atoms with E-state index in [4.69, 9.17) is 31.3 Å². The summed E-state index contributed by atoms with van der Waals surface area (Å²) in [4.78, 5) is 17.1. The van der Waals surface area contributed by atoms with E-state index in [1.54, 1.807) is 0 Å². The molecular weight excluding hydrogens is 460 g/mol. The fraction of sp³-hybridized carbons (Fsp3) is 0.593. The Labute approximate surface area is 213 Å². The third-order valence-electron chi connectivity index (χ3n) is 7.65. The molecule has 5 rings (SSSR count). The molecule has 3 heterocycles. The largest absolute Gasteiger partial charge is 0.381 e. The number of nitrogens with one attached hydrogen (secondary N) is 1. The van der Waals surface area contributed by atoms with Crippen LogP contribution in [0.5, 0.6) is 0 Å². The van der Waals surface area contributed by atoms with Crippen molar-refractivity contribution in [3.63, 3.8) is 0 Å². The first-order valence-electron chi connectivity index (χ1n) is 12.9. The van der Waals surface area contributed by atoms with Crippen molar-refractivity contribution in [2.24, 2.45) is 11.3 Å². The molecule has 1 saturated carbocycles. The van der Waals surface area contributed by atoms with Gasteiger partial charge in [-0.05, 0) is 82.2 Å². The Morgan fingerprint density at radius 1 is 1.14 bits per heavy atom. The van der Waals surface area contributed by atoms with Gasteiger partial charge in [-0.15, -0.1) is 0 Å². The molecule has 0 bridgehead atoms. The first-order valence-corrected chi connectivity index (χ1v) is 13.3. The van der Waals surface area contributed by atoms with E-state index in [0.29, 0.717) is 11.1 Å². The third-order valence-corrected chi connectivity index (χ3v) is 7.89. The van der Waals surface area contributed by atoms with Crippen LogP contribution >= 0.6 is 11.6 Å². The molecule has 1 N–H and O–H groups in total. The van der Waals surface area contributed by atoms with Crippen molar-refractivity contribution in [1.29, 1.82) is 0 Å². The van der Waals surface area contributed by atoms with Crippen LogP contribution < -0.4 is 5.32 Å². The lowest BCUT2D eigenvalue weighted by atomic mass is 9.79. The smallest absolute Gasteiger partial charge is 0.209 e. The number of anilines is 2. The van der Waals surface area contributed by atoms with Gasteiger partial charge in [0.1, 0.15) is 11.3 Å². The van der Waals surface area contributed by atoms with Crippen molar-refractivity contribution < 1.29 is 4.74 Å². The number of ether oxygens (including phenoxy) is 1. The molecule has 0 unspecified atom stereocenters. The predicted molar refractivity (Wildman–Crippen MR) is 141 cm³/mol. The van der Waals surface area contributed by atoms with E-state index in [-0.39, 0.29) is 5.41 Å². The van der Waals surface area contributed by atoms with E-state index in [1.807, 2.05) is 30.5 Å². The van der Waals surface area contributed by atoms with Crippen LogP contribution in [0.15, 0.2) is 30.5 Å². The molecule has 7 nitrogen and oxygen atoms in total. The molecule has 1 aromatic carbocycles. The van der Waals surface area contributed by atoms with Gasteiger partial charge in [0.05, 0.1) is 6.20 Å². The zero-order valence-electron chi connectivity index (χ0n) is 21.1. The van der Waals surface area contributed by atoms with Gasteiger partial charge in [-0.25, -0.2) is 15.0 Å². The van der Waals surface area contributed by atoms with Crippen molar-refractivity contribution in [1.82, 2.24) is 24.4 Å². The first kappa shape index (κ1) is 24.5. The van der Waals surface area contributed by atoms with E-state index in [9.17, 15) is 0 Å². The molecule has 0 radical (unpaired) electrons. The molecular formula is C27H37ClN6O. The normalized spacial score (nSPS) is 22.5. The Morgan fingerprint density at radius 3 is 2.63 bits per heavy atom. The Balaban J connectivity index is 1.47. The molecule has 3 aromatic rings. The predicted octanol–water partition coefficient (Wildman–Crippen LogP) is 5.88. The molecule has 0 amide bonds. The Hall–Kier alpha value is -2.22. The van der Waals surface area contributed by atoms with Crippen LogP contribution in [0.2, 0.25) is 5.02 Å². The number of nitrogens with zero attached hydrogens (tertiary/aromatic N) is 5. The van der Waals surface area contributed by atoms with Gasteiger partial charge < -0.3 is 15.0 Å². The van der Waals surface area contributed by atoms with Crippen molar-refractivity contribution in [3.05, 3.63) is 41.3 Å². The van der Waals surface area contributed by atoms with Crippen molar-refractivity contribution in [3.8, 4) is 0 Å². The van der Waals surface area contributed by atoms with Crippen molar-refractivity contribution >= 4 is 34.4 Å². The van der Waals surface area contributed by atoms with Crippen molar-refractivity contribution in [2.75, 3.05) is 39.2 Å². The molecule has 2 aromatic heterocycles. The monoisotopic (exact) mass is 496 g/mol. The average molecular weight is 497 g/mol. The number of halogens is 1. The molecule has 188 valence electrons. The van der Waals surface area contributed by atoms with Crippen LogP contribution in [0.25, 0.3) is 11.2 Å². The average Bonchev–Trinajstić information content (AvgIpc) is 3.16. The standard InChI is InChI=1S/C27H37ClN6O/c1-27(11-13-35-14-12-27)16-24-29-17-23-25(32-24)34(22-9-7-19(8-10-22)18-33(2)3)26(31-23)30-21-6-4-5-20(28)15-21/h4-6,15,17,19,22H,7-14,16,18H2,1-3H3,(H,30,31). The lowest BCUT2D eigenvalue weighted by Crippen LogP contribution is -2.29. The van der Waals surface area contributed by atoms with Crippen LogP contribution in [0.4, 0.5) is 11.6 Å². The van der Waals surface area contributed by atoms with E-state index in [2.05, 4.69) is 35.8 Å². The number of hydrogen-bond donors (Lipinski definition) is 1. The van der Waals surface area contributed by atoms with Gasteiger partial charge in [0.2, 0.25) is 5.95 Å². The zero-order chi connectivity index (χ0) is 24.4. The summed E-state index contributed by atoms with van der Waals surface area (Å²) >= 11 is 6.26. The van der Waals surface area contributed by atoms with Crippen LogP contribution in [0.1, 0.15) is 57.3 Å². The van der Waals surface area contributed by atoms with Crippen LogP contribution in [0.3, 0.4) is 0 Å². The molecule has 0 spiro atoms. The highest BCUT2D eigenvalue weighted by molar-refractivity contribution is 6.30. The summed E-state index contributed by atoms with van der Waals surface area (Å²) in [6.07, 6.45) is 9.55. The minimum atomic E-state index is 0.183. The number of hydrogen-bond acceptors (Lipinski definition) is 6. The molecule has 1 aliphatic carbocycles. The maximum absolute atomic E-state index is 6.26. The SMILES string of the molecule is CN(C)CC1CCC(n2c(Nc3cccc(Cl)c3)nc3cnc(CC4(C)CCOCC4)nc32)CC1. The highest BCUT2D eigenvalue weighted by Crippen LogP contribution is 2.38. The van der Waals surface area contributed by atoms with Crippen molar-refractivity contribution in [2.45, 2.75) is 57.9 Å². The maximum atomic E-state index is 6.26. The highest BCUT2D eigenvalue weighted by Gasteiger charge is 2.30. The third kappa shape index (κ3) is 5.79. The number of fused-ring (bicyclic) bond motifs is 1. The first-order chi connectivity index (χ1) is 16.9. The molecule has 1 aliphatic heterocycles. The number of rotatable bonds is 7. The number of aromatic nitrogens is 4. The lowest BCUT2D eigenvalue weighted by Gasteiger charge is -2.33. The minimum Gasteiger partial charge on any atom is -0.381 e. The summed E-state index contributed by atoms with van der Waals surface area (Å²) < 4.78 is 7.93. The summed E-state index contributed by atoms with van der Waals surface area (Å²) in [5.74, 6) is 2.47. The van der Waals surface area contributed by atoms with E-state index >= 15 is 0 Å². The molecule has 0 atom stereocenters. The highest BCUT2D eigenvalue weighted by atomic mass is 35.5. The summed E-state index contributed by atoms with van der Waals surface area (Å²) in [6.45, 7) is 5.12. The second-order valence-electron chi connectivity index (χ2n) is 11.0. The fourth-order valence-corrected chi connectivity index (χ4v) is 5.86. The van der Waals surface area contributed by atoms with Gasteiger partial charge >= 0.3 is 0 Å². The fourth-order valence-electron chi connectivity index (χ4n) is 5.67. The topological polar surface area (TPSA) is 68.1 Å². The van der Waals surface area contributed by atoms with Gasteiger partial charge in [-0.1, -0.05) is 24.6 Å². The quantitative estimate of drug-likeness (QED) is 0.440. The Bertz CT molecular complexity index is 1150. The van der Waals surface area contributed by atoms with Gasteiger partial charge in [0.25, 0.3) is 0 Å². The molecule has 8 heteroatoms. The van der Waals surface area contributed by atoms with Gasteiger partial charge in [-0.3, -0.25) is 4.57 Å². The van der Waals surface area contributed by atoms with Gasteiger partial charge in [0.15, 0.2) is 5.65 Å². The number of benzene rings is 1. The molecule has 2 aliphatic rings. The molecule has 35 heavy (non-hydrogen) atoms. The van der Waals surface area contributed by atoms with Crippen LogP contribution in [-0.2, 0) is 11.2 Å². The summed E-state index contributed by atoms with van der Waals surface area (Å²) in [6, 6.07) is 8.16. The second kappa shape index (κ2) is 10.4. The number of imidazole rings is 1.